The number of halogens is 3. The summed E-state index contributed by atoms with van der Waals surface area (Å²) in [7, 11) is 2.13. The van der Waals surface area contributed by atoms with Crippen LogP contribution >= 0.6 is 11.8 Å². The number of alkyl halides is 3. The van der Waals surface area contributed by atoms with Gasteiger partial charge in [0.05, 0.1) is 16.1 Å². The SMILES string of the molecule is CC.CC.Cc1nn2c(NC34CCN(C)CC3C4)cccc2c1SC(F)(F)F. The van der Waals surface area contributed by atoms with Crippen LogP contribution in [0.2, 0.25) is 0 Å². The molecule has 2 fully saturated rings. The number of rotatable bonds is 3. The number of aryl methyl sites for hydroxylation is 1. The summed E-state index contributed by atoms with van der Waals surface area (Å²) in [4.78, 5) is 2.51. The van der Waals surface area contributed by atoms with Gasteiger partial charge in [-0.1, -0.05) is 33.8 Å². The molecule has 0 bridgehead atoms. The molecule has 8 heteroatoms. The van der Waals surface area contributed by atoms with Crippen LogP contribution in [0.5, 0.6) is 0 Å². The van der Waals surface area contributed by atoms with E-state index in [-0.39, 0.29) is 22.2 Å². The van der Waals surface area contributed by atoms with Crippen molar-refractivity contribution in [3.63, 3.8) is 0 Å². The Morgan fingerprint density at radius 2 is 1.89 bits per heavy atom. The molecule has 2 aliphatic rings. The van der Waals surface area contributed by atoms with Crippen LogP contribution in [0, 0.1) is 12.8 Å². The minimum absolute atomic E-state index is 0.0813. The number of fused-ring (bicyclic) bond motifs is 2. The van der Waals surface area contributed by atoms with Crippen LogP contribution in [-0.2, 0) is 0 Å². The van der Waals surface area contributed by atoms with Crippen molar-refractivity contribution in [1.82, 2.24) is 14.5 Å². The highest BCUT2D eigenvalue weighted by Gasteiger charge is 2.56. The minimum atomic E-state index is -4.31. The summed E-state index contributed by atoms with van der Waals surface area (Å²) >= 11 is -0.0897. The molecule has 2 aromatic rings. The third-order valence-corrected chi connectivity index (χ3v) is 6.01. The first-order valence-corrected chi connectivity index (χ1v) is 10.8. The second-order valence-corrected chi connectivity index (χ2v) is 7.94. The Kier molecular flexibility index (Phi) is 7.31. The third-order valence-electron chi connectivity index (χ3n) is 5.07. The molecular formula is C20H31F3N4S. The summed E-state index contributed by atoms with van der Waals surface area (Å²) < 4.78 is 40.0. The highest BCUT2D eigenvalue weighted by atomic mass is 32.2. The molecule has 1 aliphatic carbocycles. The quantitative estimate of drug-likeness (QED) is 0.640. The highest BCUT2D eigenvalue weighted by molar-refractivity contribution is 8.00. The van der Waals surface area contributed by atoms with Crippen LogP contribution in [0.15, 0.2) is 23.1 Å². The van der Waals surface area contributed by atoms with Gasteiger partial charge in [-0.3, -0.25) is 0 Å². The van der Waals surface area contributed by atoms with E-state index in [1.165, 1.54) is 0 Å². The lowest BCUT2D eigenvalue weighted by atomic mass is 10.1. The molecule has 1 saturated heterocycles. The molecule has 4 rings (SSSR count). The van der Waals surface area contributed by atoms with Crippen LogP contribution in [-0.4, -0.2) is 45.7 Å². The molecule has 28 heavy (non-hydrogen) atoms. The molecule has 4 nitrogen and oxygen atoms in total. The van der Waals surface area contributed by atoms with Crippen molar-refractivity contribution in [2.75, 3.05) is 25.5 Å². The number of likely N-dealkylation sites (tertiary alicyclic amines) is 1. The fourth-order valence-corrected chi connectivity index (χ4v) is 4.43. The van der Waals surface area contributed by atoms with E-state index >= 15 is 0 Å². The first kappa shape index (κ1) is 22.9. The Balaban J connectivity index is 0.000000660. The van der Waals surface area contributed by atoms with Gasteiger partial charge in [0.2, 0.25) is 0 Å². The van der Waals surface area contributed by atoms with E-state index in [9.17, 15) is 13.2 Å². The molecule has 0 spiro atoms. The van der Waals surface area contributed by atoms with E-state index in [0.29, 0.717) is 17.1 Å². The molecule has 0 amide bonds. The zero-order valence-corrected chi connectivity index (χ0v) is 18.3. The van der Waals surface area contributed by atoms with E-state index in [4.69, 9.17) is 0 Å². The van der Waals surface area contributed by atoms with Crippen molar-refractivity contribution < 1.29 is 13.2 Å². The van der Waals surface area contributed by atoms with Gasteiger partial charge in [-0.15, -0.1) is 0 Å². The molecule has 158 valence electrons. The zero-order valence-electron chi connectivity index (χ0n) is 17.5. The summed E-state index contributed by atoms with van der Waals surface area (Å²) in [6.07, 6.45) is 2.16. The van der Waals surface area contributed by atoms with Gasteiger partial charge in [-0.2, -0.15) is 18.3 Å². The second-order valence-electron chi connectivity index (χ2n) is 6.86. The van der Waals surface area contributed by atoms with Gasteiger partial charge >= 0.3 is 5.51 Å². The van der Waals surface area contributed by atoms with Gasteiger partial charge in [0.1, 0.15) is 5.82 Å². The summed E-state index contributed by atoms with van der Waals surface area (Å²) in [5, 5.41) is 7.93. The molecule has 1 aliphatic heterocycles. The van der Waals surface area contributed by atoms with Crippen molar-refractivity contribution in [3.05, 3.63) is 23.9 Å². The van der Waals surface area contributed by atoms with Crippen molar-refractivity contribution in [3.8, 4) is 0 Å². The number of hydrogen-bond donors (Lipinski definition) is 1. The second kappa shape index (κ2) is 8.95. The summed E-state index contributed by atoms with van der Waals surface area (Å²) in [6, 6.07) is 5.38. The number of aromatic nitrogens is 2. The Hall–Kier alpha value is -1.41. The Morgan fingerprint density at radius 1 is 1.21 bits per heavy atom. The van der Waals surface area contributed by atoms with Crippen LogP contribution in [0.1, 0.15) is 46.2 Å². The molecule has 2 unspecified atom stereocenters. The standard InChI is InChI=1S/C16H19F3N4S.2C2H6/c1-10-14(24-16(17,18)19)12-4-3-5-13(23(12)21-10)20-15-6-7-22(2)9-11(15)8-15;2*1-2/h3-5,11,20H,6-9H2,1-2H3;2*1-2H3. The van der Waals surface area contributed by atoms with Gasteiger partial charge in [0.15, 0.2) is 0 Å². The molecular weight excluding hydrogens is 385 g/mol. The molecule has 3 heterocycles. The molecule has 2 aromatic heterocycles. The lowest BCUT2D eigenvalue weighted by Crippen LogP contribution is -2.39. The van der Waals surface area contributed by atoms with Crippen molar-refractivity contribution in [2.24, 2.45) is 5.92 Å². The maximum Gasteiger partial charge on any atom is 0.446 e. The number of hydrogen-bond acceptors (Lipinski definition) is 4. The summed E-state index contributed by atoms with van der Waals surface area (Å²) in [6.45, 7) is 11.7. The maximum atomic E-state index is 12.8. The molecule has 2 atom stereocenters. The van der Waals surface area contributed by atoms with E-state index in [0.717, 1.165) is 31.7 Å². The first-order valence-electron chi connectivity index (χ1n) is 9.98. The van der Waals surface area contributed by atoms with Crippen LogP contribution in [0.3, 0.4) is 0 Å². The van der Waals surface area contributed by atoms with E-state index in [1.807, 2.05) is 33.8 Å². The van der Waals surface area contributed by atoms with Crippen LogP contribution < -0.4 is 5.32 Å². The van der Waals surface area contributed by atoms with Crippen LogP contribution in [0.4, 0.5) is 19.0 Å². The van der Waals surface area contributed by atoms with E-state index in [1.54, 1.807) is 23.6 Å². The monoisotopic (exact) mass is 416 g/mol. The van der Waals surface area contributed by atoms with E-state index < -0.39 is 5.51 Å². The molecule has 0 radical (unpaired) electrons. The predicted octanol–water partition coefficient (Wildman–Crippen LogP) is 5.81. The minimum Gasteiger partial charge on any atom is -0.364 e. The summed E-state index contributed by atoms with van der Waals surface area (Å²) in [5.74, 6) is 1.38. The van der Waals surface area contributed by atoms with Crippen molar-refractivity contribution in [1.29, 1.82) is 0 Å². The van der Waals surface area contributed by atoms with Crippen molar-refractivity contribution in [2.45, 2.75) is 63.4 Å². The smallest absolute Gasteiger partial charge is 0.364 e. The third kappa shape index (κ3) is 4.76. The Labute approximate surface area is 169 Å². The predicted molar refractivity (Wildman–Crippen MR) is 111 cm³/mol. The average Bonchev–Trinajstić information content (AvgIpc) is 3.27. The Morgan fingerprint density at radius 3 is 2.50 bits per heavy atom. The largest absolute Gasteiger partial charge is 0.446 e. The molecule has 0 aromatic carbocycles. The number of pyridine rings is 1. The fraction of sp³-hybridized carbons (Fsp3) is 0.650. The number of piperidine rings is 1. The Bertz CT molecular complexity index is 790. The first-order chi connectivity index (χ1) is 13.3. The van der Waals surface area contributed by atoms with Gasteiger partial charge < -0.3 is 10.2 Å². The highest BCUT2D eigenvalue weighted by Crippen LogP contribution is 2.51. The van der Waals surface area contributed by atoms with Crippen LogP contribution in [0.25, 0.3) is 5.52 Å². The van der Waals surface area contributed by atoms with Gasteiger partial charge in [-0.05, 0) is 56.6 Å². The lowest BCUT2D eigenvalue weighted by molar-refractivity contribution is -0.0328. The lowest BCUT2D eigenvalue weighted by Gasteiger charge is -2.30. The molecule has 1 saturated carbocycles. The maximum absolute atomic E-state index is 12.8. The topological polar surface area (TPSA) is 32.6 Å². The zero-order chi connectivity index (χ0) is 21.1. The van der Waals surface area contributed by atoms with Gasteiger partial charge in [-0.25, -0.2) is 4.52 Å². The fourth-order valence-electron chi connectivity index (χ4n) is 3.75. The van der Waals surface area contributed by atoms with Crippen molar-refractivity contribution >= 4 is 23.1 Å². The summed E-state index contributed by atoms with van der Waals surface area (Å²) in [5.41, 5.74) is -3.33. The average molecular weight is 417 g/mol. The van der Waals surface area contributed by atoms with Gasteiger partial charge in [0.25, 0.3) is 0 Å². The van der Waals surface area contributed by atoms with E-state index in [2.05, 4.69) is 22.4 Å². The number of nitrogens with one attached hydrogen (secondary N) is 1. The normalized spacial score (nSPS) is 23.8. The number of thioether (sulfide) groups is 1. The van der Waals surface area contributed by atoms with Gasteiger partial charge in [0, 0.05) is 18.6 Å². The number of nitrogens with zero attached hydrogens (tertiary/aromatic N) is 3. The molecule has 1 N–H and O–H groups in total. The number of anilines is 1.